The van der Waals surface area contributed by atoms with Crippen LogP contribution in [0.3, 0.4) is 0 Å². The van der Waals surface area contributed by atoms with Crippen molar-refractivity contribution in [2.24, 2.45) is 5.41 Å². The van der Waals surface area contributed by atoms with E-state index in [1.54, 1.807) is 0 Å². The quantitative estimate of drug-likeness (QED) is 0.712. The summed E-state index contributed by atoms with van der Waals surface area (Å²) in [7, 11) is 0. The summed E-state index contributed by atoms with van der Waals surface area (Å²) in [5.41, 5.74) is -0.311. The van der Waals surface area contributed by atoms with E-state index < -0.39 is 0 Å². The minimum atomic E-state index is -0.311. The second kappa shape index (κ2) is 7.24. The van der Waals surface area contributed by atoms with Crippen molar-refractivity contribution in [1.82, 2.24) is 10.2 Å². The summed E-state index contributed by atoms with van der Waals surface area (Å²) < 4.78 is 0. The summed E-state index contributed by atoms with van der Waals surface area (Å²) in [6.45, 7) is 10.5. The lowest BCUT2D eigenvalue weighted by Gasteiger charge is -2.23. The van der Waals surface area contributed by atoms with Crippen LogP contribution in [-0.2, 0) is 4.79 Å². The van der Waals surface area contributed by atoms with Gasteiger partial charge in [0.25, 0.3) is 0 Å². The third kappa shape index (κ3) is 6.41. The predicted molar refractivity (Wildman–Crippen MR) is 64.8 cm³/mol. The first-order chi connectivity index (χ1) is 7.45. The van der Waals surface area contributed by atoms with Crippen molar-refractivity contribution in [3.8, 4) is 6.07 Å². The van der Waals surface area contributed by atoms with Crippen LogP contribution in [0.1, 0.15) is 34.1 Å². The van der Waals surface area contributed by atoms with Gasteiger partial charge in [0.15, 0.2) is 0 Å². The van der Waals surface area contributed by atoms with Gasteiger partial charge in [-0.3, -0.25) is 9.69 Å². The molecule has 0 bridgehead atoms. The highest BCUT2D eigenvalue weighted by molar-refractivity contribution is 5.77. The van der Waals surface area contributed by atoms with E-state index in [9.17, 15) is 4.79 Å². The zero-order chi connectivity index (χ0) is 12.6. The van der Waals surface area contributed by atoms with Crippen LogP contribution in [0.15, 0.2) is 0 Å². The summed E-state index contributed by atoms with van der Waals surface area (Å²) in [5.74, 6) is 0.0547. The lowest BCUT2D eigenvalue weighted by Crippen LogP contribution is -2.38. The molecule has 0 aromatic rings. The molecular formula is C12H23N3O. The smallest absolute Gasteiger partial charge is 0.234 e. The van der Waals surface area contributed by atoms with E-state index in [0.29, 0.717) is 13.1 Å². The summed E-state index contributed by atoms with van der Waals surface area (Å²) in [4.78, 5) is 13.4. The molecule has 0 unspecified atom stereocenters. The van der Waals surface area contributed by atoms with Crippen LogP contribution in [0.5, 0.6) is 0 Å². The fourth-order valence-corrected chi connectivity index (χ4v) is 1.30. The number of nitriles is 1. The number of nitrogens with one attached hydrogen (secondary N) is 1. The molecule has 1 N–H and O–H groups in total. The average Bonchev–Trinajstić information content (AvgIpc) is 2.24. The van der Waals surface area contributed by atoms with Gasteiger partial charge in [-0.1, -0.05) is 6.92 Å². The topological polar surface area (TPSA) is 56.1 Å². The van der Waals surface area contributed by atoms with Gasteiger partial charge >= 0.3 is 0 Å². The van der Waals surface area contributed by atoms with Gasteiger partial charge < -0.3 is 5.32 Å². The third-order valence-electron chi connectivity index (χ3n) is 2.54. The Hall–Kier alpha value is -1.08. The molecule has 0 heterocycles. The fourth-order valence-electron chi connectivity index (χ4n) is 1.30. The molecule has 4 nitrogen and oxygen atoms in total. The van der Waals surface area contributed by atoms with Gasteiger partial charge in [0.05, 0.1) is 18.0 Å². The number of likely N-dealkylation sites (N-methyl/N-ethyl adjacent to an activating group) is 2. The first kappa shape index (κ1) is 14.9. The molecule has 0 saturated carbocycles. The van der Waals surface area contributed by atoms with Crippen LogP contribution >= 0.6 is 0 Å². The van der Waals surface area contributed by atoms with E-state index in [1.807, 2.05) is 27.7 Å². The molecule has 0 atom stereocenters. The summed E-state index contributed by atoms with van der Waals surface area (Å²) in [6.07, 6.45) is 0.788. The molecule has 92 valence electrons. The fraction of sp³-hybridized carbons (Fsp3) is 0.833. The van der Waals surface area contributed by atoms with Crippen LogP contribution < -0.4 is 5.32 Å². The first-order valence-electron chi connectivity index (χ1n) is 5.85. The second-order valence-electron chi connectivity index (χ2n) is 4.57. The maximum Gasteiger partial charge on any atom is 0.234 e. The monoisotopic (exact) mass is 225 g/mol. The highest BCUT2D eigenvalue weighted by atomic mass is 16.2. The van der Waals surface area contributed by atoms with Crippen molar-refractivity contribution >= 4 is 5.91 Å². The standard InChI is InChI=1S/C12H23N3O/c1-5-14-11(16)9-15(6-2)8-7-12(3,4)10-13/h5-9H2,1-4H3,(H,14,16). The number of carbonyl (C=O) groups is 1. The molecule has 0 aliphatic heterocycles. The lowest BCUT2D eigenvalue weighted by atomic mass is 9.91. The Morgan fingerprint density at radius 3 is 2.50 bits per heavy atom. The van der Waals surface area contributed by atoms with Crippen LogP contribution in [0, 0.1) is 16.7 Å². The van der Waals surface area contributed by atoms with Crippen LogP contribution in [0.4, 0.5) is 0 Å². The van der Waals surface area contributed by atoms with E-state index in [1.165, 1.54) is 0 Å². The highest BCUT2D eigenvalue weighted by Crippen LogP contribution is 2.18. The van der Waals surface area contributed by atoms with Crippen molar-refractivity contribution in [2.45, 2.75) is 34.1 Å². The summed E-state index contributed by atoms with van der Waals surface area (Å²) in [5, 5.41) is 11.7. The molecule has 1 amide bonds. The van der Waals surface area contributed by atoms with E-state index in [4.69, 9.17) is 5.26 Å². The van der Waals surface area contributed by atoms with Gasteiger partial charge in [-0.05, 0) is 33.7 Å². The molecule has 0 aliphatic carbocycles. The van der Waals surface area contributed by atoms with Crippen LogP contribution in [-0.4, -0.2) is 37.0 Å². The maximum absolute atomic E-state index is 11.4. The summed E-state index contributed by atoms with van der Waals surface area (Å²) in [6, 6.07) is 2.27. The lowest BCUT2D eigenvalue weighted by molar-refractivity contribution is -0.122. The molecular weight excluding hydrogens is 202 g/mol. The number of nitrogens with zero attached hydrogens (tertiary/aromatic N) is 2. The van der Waals surface area contributed by atoms with Crippen molar-refractivity contribution in [3.63, 3.8) is 0 Å². The second-order valence-corrected chi connectivity index (χ2v) is 4.57. The van der Waals surface area contributed by atoms with Gasteiger partial charge in [-0.15, -0.1) is 0 Å². The van der Waals surface area contributed by atoms with Crippen molar-refractivity contribution < 1.29 is 4.79 Å². The Balaban J connectivity index is 4.03. The Bertz CT molecular complexity index is 255. The summed E-state index contributed by atoms with van der Waals surface area (Å²) >= 11 is 0. The zero-order valence-electron chi connectivity index (χ0n) is 10.8. The largest absolute Gasteiger partial charge is 0.355 e. The molecule has 0 spiro atoms. The van der Waals surface area contributed by atoms with Crippen molar-refractivity contribution in [3.05, 3.63) is 0 Å². The molecule has 0 fully saturated rings. The minimum Gasteiger partial charge on any atom is -0.355 e. The normalized spacial score (nSPS) is 11.2. The molecule has 0 aromatic heterocycles. The molecule has 0 aromatic carbocycles. The molecule has 0 aliphatic rings. The van der Waals surface area contributed by atoms with Crippen LogP contribution in [0.25, 0.3) is 0 Å². The number of amides is 1. The Morgan fingerprint density at radius 2 is 2.06 bits per heavy atom. The SMILES string of the molecule is CCNC(=O)CN(CC)CCC(C)(C)C#N. The zero-order valence-corrected chi connectivity index (χ0v) is 10.8. The van der Waals surface area contributed by atoms with Gasteiger partial charge in [-0.25, -0.2) is 0 Å². The third-order valence-corrected chi connectivity index (χ3v) is 2.54. The van der Waals surface area contributed by atoms with Gasteiger partial charge in [-0.2, -0.15) is 5.26 Å². The Kier molecular flexibility index (Phi) is 6.75. The molecule has 0 saturated heterocycles. The number of carbonyl (C=O) groups excluding carboxylic acids is 1. The van der Waals surface area contributed by atoms with E-state index in [0.717, 1.165) is 19.5 Å². The Labute approximate surface area is 98.6 Å². The number of rotatable bonds is 7. The van der Waals surface area contributed by atoms with Gasteiger partial charge in [0.1, 0.15) is 0 Å². The number of hydrogen-bond donors (Lipinski definition) is 1. The highest BCUT2D eigenvalue weighted by Gasteiger charge is 2.18. The Morgan fingerprint density at radius 1 is 1.44 bits per heavy atom. The van der Waals surface area contributed by atoms with Crippen molar-refractivity contribution in [2.75, 3.05) is 26.2 Å². The van der Waals surface area contributed by atoms with E-state index in [-0.39, 0.29) is 11.3 Å². The molecule has 4 heteroatoms. The minimum absolute atomic E-state index is 0.0547. The molecule has 0 radical (unpaired) electrons. The predicted octanol–water partition coefficient (Wildman–Crippen LogP) is 1.38. The number of hydrogen-bond acceptors (Lipinski definition) is 3. The maximum atomic E-state index is 11.4. The van der Waals surface area contributed by atoms with Crippen LogP contribution in [0.2, 0.25) is 0 Å². The molecule has 0 rings (SSSR count). The van der Waals surface area contributed by atoms with E-state index >= 15 is 0 Å². The molecule has 16 heavy (non-hydrogen) atoms. The van der Waals surface area contributed by atoms with Crippen molar-refractivity contribution in [1.29, 1.82) is 5.26 Å². The van der Waals surface area contributed by atoms with Gasteiger partial charge in [0.2, 0.25) is 5.91 Å². The average molecular weight is 225 g/mol. The van der Waals surface area contributed by atoms with E-state index in [2.05, 4.69) is 16.3 Å². The first-order valence-corrected chi connectivity index (χ1v) is 5.85. The van der Waals surface area contributed by atoms with Gasteiger partial charge in [0, 0.05) is 13.1 Å².